The summed E-state index contributed by atoms with van der Waals surface area (Å²) in [5.74, 6) is 1.37. The number of amides is 1. The Morgan fingerprint density at radius 3 is 2.28 bits per heavy atom. The highest BCUT2D eigenvalue weighted by Gasteiger charge is 2.28. The fourth-order valence-electron chi connectivity index (χ4n) is 3.52. The monoisotopic (exact) mass is 252 g/mol. The van der Waals surface area contributed by atoms with E-state index in [2.05, 4.69) is 0 Å². The van der Waals surface area contributed by atoms with Crippen molar-refractivity contribution < 1.29 is 4.79 Å². The fourth-order valence-corrected chi connectivity index (χ4v) is 3.52. The lowest BCUT2D eigenvalue weighted by Gasteiger charge is -2.32. The average Bonchev–Trinajstić information content (AvgIpc) is 2.40. The van der Waals surface area contributed by atoms with Crippen LogP contribution in [0.2, 0.25) is 0 Å². The molecule has 2 fully saturated rings. The summed E-state index contributed by atoms with van der Waals surface area (Å²) >= 11 is 0. The first kappa shape index (κ1) is 13.9. The quantitative estimate of drug-likeness (QED) is 0.839. The van der Waals surface area contributed by atoms with E-state index in [9.17, 15) is 4.79 Å². The molecule has 0 bridgehead atoms. The van der Waals surface area contributed by atoms with Crippen molar-refractivity contribution >= 4 is 5.91 Å². The van der Waals surface area contributed by atoms with E-state index in [1.165, 1.54) is 32.1 Å². The summed E-state index contributed by atoms with van der Waals surface area (Å²) in [5, 5.41) is 0. The maximum absolute atomic E-state index is 12.4. The summed E-state index contributed by atoms with van der Waals surface area (Å²) in [7, 11) is 1.99. The Morgan fingerprint density at radius 1 is 1.06 bits per heavy atom. The first-order valence-corrected chi connectivity index (χ1v) is 7.67. The van der Waals surface area contributed by atoms with Gasteiger partial charge in [-0.05, 0) is 44.4 Å². The Balaban J connectivity index is 1.77. The van der Waals surface area contributed by atoms with Gasteiger partial charge in [0.1, 0.15) is 0 Å². The van der Waals surface area contributed by atoms with Gasteiger partial charge in [-0.15, -0.1) is 0 Å². The summed E-state index contributed by atoms with van der Waals surface area (Å²) in [6, 6.07) is 0.331. The Bertz CT molecular complexity index is 266. The molecule has 0 heterocycles. The lowest BCUT2D eigenvalue weighted by Crippen LogP contribution is -2.39. The molecule has 0 aromatic heterocycles. The van der Waals surface area contributed by atoms with Gasteiger partial charge in [0.05, 0.1) is 0 Å². The fraction of sp³-hybridized carbons (Fsp3) is 0.933. The van der Waals surface area contributed by atoms with Gasteiger partial charge in [0.2, 0.25) is 5.91 Å². The third-order valence-electron chi connectivity index (χ3n) is 4.75. The number of nitrogens with two attached hydrogens (primary N) is 1. The van der Waals surface area contributed by atoms with Crippen LogP contribution in [0.1, 0.15) is 57.8 Å². The third kappa shape index (κ3) is 3.71. The third-order valence-corrected chi connectivity index (χ3v) is 4.75. The van der Waals surface area contributed by atoms with Gasteiger partial charge in [-0.1, -0.05) is 19.3 Å². The van der Waals surface area contributed by atoms with Crippen LogP contribution in [-0.4, -0.2) is 30.4 Å². The number of hydrogen-bond acceptors (Lipinski definition) is 2. The Kier molecular flexibility index (Phi) is 5.04. The topological polar surface area (TPSA) is 46.3 Å². The molecule has 2 aliphatic carbocycles. The lowest BCUT2D eigenvalue weighted by molar-refractivity contribution is -0.136. The number of nitrogens with zero attached hydrogens (tertiary/aromatic N) is 1. The molecule has 3 heteroatoms. The van der Waals surface area contributed by atoms with Crippen LogP contribution < -0.4 is 5.73 Å². The highest BCUT2D eigenvalue weighted by atomic mass is 16.2. The molecule has 2 rings (SSSR count). The van der Waals surface area contributed by atoms with Crippen LogP contribution in [0.15, 0.2) is 0 Å². The molecule has 2 N–H and O–H groups in total. The molecule has 2 saturated carbocycles. The minimum atomic E-state index is 0.249. The van der Waals surface area contributed by atoms with Crippen molar-refractivity contribution in [1.29, 1.82) is 0 Å². The summed E-state index contributed by atoms with van der Waals surface area (Å²) in [4.78, 5) is 14.4. The molecule has 0 saturated heterocycles. The van der Waals surface area contributed by atoms with Crippen molar-refractivity contribution in [3.8, 4) is 0 Å². The second kappa shape index (κ2) is 6.55. The molecular formula is C15H28N2O. The second-order valence-corrected chi connectivity index (χ2v) is 6.33. The van der Waals surface area contributed by atoms with Crippen LogP contribution in [0.3, 0.4) is 0 Å². The van der Waals surface area contributed by atoms with Crippen LogP contribution in [0, 0.1) is 11.8 Å². The molecular weight excluding hydrogens is 224 g/mol. The average molecular weight is 252 g/mol. The second-order valence-electron chi connectivity index (χ2n) is 6.33. The van der Waals surface area contributed by atoms with E-state index >= 15 is 0 Å². The van der Waals surface area contributed by atoms with Crippen molar-refractivity contribution in [2.24, 2.45) is 17.6 Å². The maximum Gasteiger partial charge on any atom is 0.225 e. The van der Waals surface area contributed by atoms with Crippen molar-refractivity contribution in [3.63, 3.8) is 0 Å². The Morgan fingerprint density at radius 2 is 1.67 bits per heavy atom. The largest absolute Gasteiger partial charge is 0.345 e. The highest BCUT2D eigenvalue weighted by Crippen LogP contribution is 2.27. The van der Waals surface area contributed by atoms with Gasteiger partial charge >= 0.3 is 0 Å². The predicted octanol–water partition coefficient (Wildman–Crippen LogP) is 2.54. The summed E-state index contributed by atoms with van der Waals surface area (Å²) in [5.41, 5.74) is 5.90. The molecule has 0 aromatic carbocycles. The van der Waals surface area contributed by atoms with Crippen molar-refractivity contribution in [1.82, 2.24) is 4.90 Å². The molecule has 0 aliphatic heterocycles. The molecule has 18 heavy (non-hydrogen) atoms. The predicted molar refractivity (Wildman–Crippen MR) is 74.1 cm³/mol. The zero-order valence-electron chi connectivity index (χ0n) is 11.7. The molecule has 0 aromatic rings. The molecule has 1 amide bonds. The van der Waals surface area contributed by atoms with E-state index in [0.29, 0.717) is 11.9 Å². The molecule has 0 spiro atoms. The zero-order valence-corrected chi connectivity index (χ0v) is 11.7. The first-order valence-electron chi connectivity index (χ1n) is 7.67. The summed E-state index contributed by atoms with van der Waals surface area (Å²) in [6.07, 6.45) is 10.7. The van der Waals surface area contributed by atoms with E-state index in [1.54, 1.807) is 0 Å². The van der Waals surface area contributed by atoms with E-state index < -0.39 is 0 Å². The number of hydrogen-bond donors (Lipinski definition) is 1. The lowest BCUT2D eigenvalue weighted by atomic mass is 9.85. The number of rotatable bonds is 3. The van der Waals surface area contributed by atoms with E-state index in [0.717, 1.165) is 38.1 Å². The van der Waals surface area contributed by atoms with E-state index in [4.69, 9.17) is 5.73 Å². The standard InChI is InChI=1S/C15H28N2O/c1-17(11-12-5-3-2-4-6-12)15(18)13-7-9-14(16)10-8-13/h12-14H,2-11,16H2,1H3. The molecule has 104 valence electrons. The minimum absolute atomic E-state index is 0.249. The van der Waals surface area contributed by atoms with Crippen molar-refractivity contribution in [2.75, 3.05) is 13.6 Å². The minimum Gasteiger partial charge on any atom is -0.345 e. The van der Waals surface area contributed by atoms with Gasteiger partial charge in [0.15, 0.2) is 0 Å². The van der Waals surface area contributed by atoms with Crippen LogP contribution in [0.4, 0.5) is 0 Å². The number of carbonyl (C=O) groups is 1. The summed E-state index contributed by atoms with van der Waals surface area (Å²) in [6.45, 7) is 0.974. The Hall–Kier alpha value is -0.570. The SMILES string of the molecule is CN(CC1CCCCC1)C(=O)C1CCC(N)CC1. The van der Waals surface area contributed by atoms with Crippen molar-refractivity contribution in [3.05, 3.63) is 0 Å². The van der Waals surface area contributed by atoms with Crippen LogP contribution >= 0.6 is 0 Å². The maximum atomic E-state index is 12.4. The zero-order chi connectivity index (χ0) is 13.0. The molecule has 2 aliphatic rings. The molecule has 0 radical (unpaired) electrons. The van der Waals surface area contributed by atoms with Gasteiger partial charge in [-0.2, -0.15) is 0 Å². The Labute approximate surface area is 111 Å². The number of carbonyl (C=O) groups excluding carboxylic acids is 1. The summed E-state index contributed by atoms with van der Waals surface area (Å²) < 4.78 is 0. The molecule has 3 nitrogen and oxygen atoms in total. The first-order chi connectivity index (χ1) is 8.66. The van der Waals surface area contributed by atoms with Crippen LogP contribution in [0.25, 0.3) is 0 Å². The highest BCUT2D eigenvalue weighted by molar-refractivity contribution is 5.78. The van der Waals surface area contributed by atoms with Crippen molar-refractivity contribution in [2.45, 2.75) is 63.8 Å². The molecule has 0 atom stereocenters. The van der Waals surface area contributed by atoms with Gasteiger partial charge in [-0.3, -0.25) is 4.79 Å². The van der Waals surface area contributed by atoms with Gasteiger partial charge < -0.3 is 10.6 Å². The van der Waals surface area contributed by atoms with E-state index in [-0.39, 0.29) is 5.92 Å². The van der Waals surface area contributed by atoms with Gasteiger partial charge in [0.25, 0.3) is 0 Å². The van der Waals surface area contributed by atoms with E-state index in [1.807, 2.05) is 11.9 Å². The van der Waals surface area contributed by atoms with Gasteiger partial charge in [0, 0.05) is 25.6 Å². The normalized spacial score (nSPS) is 30.1. The van der Waals surface area contributed by atoms with Gasteiger partial charge in [-0.25, -0.2) is 0 Å². The molecule has 0 unspecified atom stereocenters. The smallest absolute Gasteiger partial charge is 0.225 e. The van der Waals surface area contributed by atoms with Crippen LogP contribution in [-0.2, 0) is 4.79 Å². The van der Waals surface area contributed by atoms with Crippen LogP contribution in [0.5, 0.6) is 0 Å².